The van der Waals surface area contributed by atoms with Crippen molar-refractivity contribution < 1.29 is 46.8 Å². The van der Waals surface area contributed by atoms with Crippen LogP contribution in [0.5, 0.6) is 5.75 Å². The molecule has 0 aliphatic rings. The van der Waals surface area contributed by atoms with Crippen molar-refractivity contribution in [2.75, 3.05) is 66.1 Å². The Bertz CT molecular complexity index is 794. The second-order valence-electron chi connectivity index (χ2n) is 8.89. The lowest BCUT2D eigenvalue weighted by Crippen LogP contribution is -2.53. The van der Waals surface area contributed by atoms with Gasteiger partial charge >= 0.3 is 10.8 Å². The molecule has 1 radical (unpaired) electrons. The van der Waals surface area contributed by atoms with Crippen LogP contribution in [0.3, 0.4) is 0 Å². The van der Waals surface area contributed by atoms with Crippen LogP contribution in [0.1, 0.15) is 69.9 Å². The molecule has 10 nitrogen and oxygen atoms in total. The molecular formula is C28H50NO9S+2. The van der Waals surface area contributed by atoms with Crippen molar-refractivity contribution in [1.82, 2.24) is 0 Å². The van der Waals surface area contributed by atoms with Crippen LogP contribution in [-0.2, 0) is 53.4 Å². The van der Waals surface area contributed by atoms with Gasteiger partial charge in [-0.1, -0.05) is 63.7 Å². The average molecular weight is 577 g/mol. The number of quaternary nitrogens is 1. The molecule has 3 N–H and O–H groups in total. The van der Waals surface area contributed by atoms with E-state index in [0.717, 1.165) is 17.7 Å². The highest BCUT2D eigenvalue weighted by Crippen LogP contribution is 2.23. The predicted molar refractivity (Wildman–Crippen MR) is 150 cm³/mol. The summed E-state index contributed by atoms with van der Waals surface area (Å²) in [6.45, 7) is 7.69. The van der Waals surface area contributed by atoms with Crippen LogP contribution in [0.25, 0.3) is 6.08 Å². The molecule has 11 heteroatoms. The zero-order valence-electron chi connectivity index (χ0n) is 23.9. The number of unbranched alkanes of at least 4 members (excludes halogenated alkanes) is 6. The lowest BCUT2D eigenvalue weighted by molar-refractivity contribution is -0.640. The van der Waals surface area contributed by atoms with Crippen molar-refractivity contribution in [1.29, 1.82) is 0 Å². The Balaban J connectivity index is 2.03. The van der Waals surface area contributed by atoms with Gasteiger partial charge in [0.05, 0.1) is 57.1 Å². The summed E-state index contributed by atoms with van der Waals surface area (Å²) in [4.78, 5) is 0. The summed E-state index contributed by atoms with van der Waals surface area (Å²) in [6.07, 6.45) is 14.5. The van der Waals surface area contributed by atoms with E-state index in [1.54, 1.807) is 0 Å². The van der Waals surface area contributed by atoms with E-state index in [2.05, 4.69) is 45.6 Å². The first-order chi connectivity index (χ1) is 19.0. The van der Waals surface area contributed by atoms with Gasteiger partial charge in [0.15, 0.2) is 0 Å². The summed E-state index contributed by atoms with van der Waals surface area (Å²) >= 11 is 0. The molecule has 0 fully saturated rings. The van der Waals surface area contributed by atoms with Gasteiger partial charge in [-0.05, 0) is 37.5 Å². The fourth-order valence-electron chi connectivity index (χ4n) is 3.68. The molecule has 1 atom stereocenters. The van der Waals surface area contributed by atoms with E-state index in [0.29, 0.717) is 52.9 Å². The molecule has 39 heavy (non-hydrogen) atoms. The summed E-state index contributed by atoms with van der Waals surface area (Å²) in [7, 11) is -4.02. The van der Waals surface area contributed by atoms with Gasteiger partial charge < -0.3 is 23.7 Å². The third-order valence-corrected chi connectivity index (χ3v) is 6.43. The standard InChI is InChI=1S/C28H50NO9S/c1-3-5-6-7-8-9-10-12-26-13-14-28(27(25-26)11-4-2)36-23-21-34-19-17-32-15-16-33-18-20-35-22-24-37-39(30,31)38-29/h4,11,13-14,25H,3,5-10,12,15-24H2,1-2,29H3/q+2/b11-4+. The Hall–Kier alpha value is -1.41. The normalized spacial score (nSPS) is 13.2. The van der Waals surface area contributed by atoms with Gasteiger partial charge in [-0.15, -0.1) is 4.18 Å². The molecule has 1 rings (SSSR count). The van der Waals surface area contributed by atoms with Crippen LogP contribution in [0.2, 0.25) is 0 Å². The summed E-state index contributed by atoms with van der Waals surface area (Å²) in [5.41, 5.74) is 2.47. The van der Waals surface area contributed by atoms with E-state index in [-0.39, 0.29) is 13.2 Å². The lowest BCUT2D eigenvalue weighted by Gasteiger charge is -2.12. The van der Waals surface area contributed by atoms with Crippen LogP contribution in [-0.4, -0.2) is 66.1 Å². The first-order valence-electron chi connectivity index (χ1n) is 14.0. The van der Waals surface area contributed by atoms with Gasteiger partial charge in [0.1, 0.15) is 23.5 Å². The molecular weight excluding hydrogens is 526 g/mol. The number of hydrogen-bond acceptors (Lipinski definition) is 8. The fourth-order valence-corrected chi connectivity index (χ4v) is 4.02. The van der Waals surface area contributed by atoms with E-state index in [1.807, 2.05) is 13.0 Å². The Morgan fingerprint density at radius 1 is 0.769 bits per heavy atom. The molecule has 0 spiro atoms. The summed E-state index contributed by atoms with van der Waals surface area (Å²) in [6, 6.07) is 6.47. The highest BCUT2D eigenvalue weighted by atomic mass is 32.3. The van der Waals surface area contributed by atoms with E-state index in [1.165, 1.54) is 50.5 Å². The third-order valence-electron chi connectivity index (χ3n) is 5.69. The first-order valence-corrected chi connectivity index (χ1v) is 15.4. The fraction of sp³-hybridized carbons (Fsp3) is 0.714. The second kappa shape index (κ2) is 24.4. The molecule has 0 bridgehead atoms. The van der Waals surface area contributed by atoms with E-state index >= 15 is 0 Å². The van der Waals surface area contributed by atoms with Crippen LogP contribution >= 0.6 is 0 Å². The van der Waals surface area contributed by atoms with Crippen LogP contribution in [0, 0.1) is 0 Å². The third kappa shape index (κ3) is 20.2. The summed E-state index contributed by atoms with van der Waals surface area (Å²) in [5, 5.41) is 0. The van der Waals surface area contributed by atoms with Crippen molar-refractivity contribution in [2.24, 2.45) is 0 Å². The topological polar surface area (TPSA) is 129 Å². The van der Waals surface area contributed by atoms with Gasteiger partial charge in [-0.2, -0.15) is 5.90 Å². The van der Waals surface area contributed by atoms with Gasteiger partial charge in [-0.25, -0.2) is 0 Å². The first kappa shape index (κ1) is 35.6. The molecule has 0 amide bonds. The summed E-state index contributed by atoms with van der Waals surface area (Å²) in [5.74, 6) is 3.66. The highest BCUT2D eigenvalue weighted by Gasteiger charge is 2.35. The Labute approximate surface area is 236 Å². The molecule has 1 aromatic carbocycles. The van der Waals surface area contributed by atoms with Crippen LogP contribution in [0.15, 0.2) is 24.3 Å². The molecule has 225 valence electrons. The van der Waals surface area contributed by atoms with E-state index in [4.69, 9.17) is 23.7 Å². The minimum Gasteiger partial charge on any atom is -0.491 e. The van der Waals surface area contributed by atoms with Crippen molar-refractivity contribution in [2.45, 2.75) is 65.2 Å². The average Bonchev–Trinajstić information content (AvgIpc) is 2.93. The number of allylic oxidation sites excluding steroid dienone is 1. The zero-order valence-corrected chi connectivity index (χ0v) is 24.7. The van der Waals surface area contributed by atoms with Gasteiger partial charge in [-0.3, -0.25) is 0 Å². The molecule has 1 aromatic rings. The SMILES string of the molecule is C/C=C/c1cc(CCCCCCCCC)ccc1OCCOCCOCCOCCOCCO[S+]([O])(=O)O[NH3+]. The molecule has 0 aliphatic carbocycles. The molecule has 0 aliphatic heterocycles. The summed E-state index contributed by atoms with van der Waals surface area (Å²) < 4.78 is 57.7. The highest BCUT2D eigenvalue weighted by molar-refractivity contribution is 7.88. The number of aryl methyl sites for hydroxylation is 1. The second-order valence-corrected chi connectivity index (χ2v) is 10.2. The molecule has 0 saturated heterocycles. The Morgan fingerprint density at radius 3 is 1.87 bits per heavy atom. The molecule has 0 aromatic heterocycles. The van der Waals surface area contributed by atoms with Crippen molar-refractivity contribution in [3.05, 3.63) is 35.4 Å². The van der Waals surface area contributed by atoms with Gasteiger partial charge in [0.25, 0.3) is 0 Å². The van der Waals surface area contributed by atoms with Crippen molar-refractivity contribution in [3.8, 4) is 5.75 Å². The molecule has 0 heterocycles. The minimum absolute atomic E-state index is 0.102. The predicted octanol–water partition coefficient (Wildman–Crippen LogP) is 4.32. The van der Waals surface area contributed by atoms with Crippen LogP contribution < -0.4 is 10.6 Å². The molecule has 0 saturated carbocycles. The van der Waals surface area contributed by atoms with Crippen molar-refractivity contribution in [3.63, 3.8) is 0 Å². The van der Waals surface area contributed by atoms with Gasteiger partial charge in [0.2, 0.25) is 0 Å². The Morgan fingerprint density at radius 2 is 1.31 bits per heavy atom. The minimum atomic E-state index is -4.02. The number of benzene rings is 1. The van der Waals surface area contributed by atoms with Crippen molar-refractivity contribution >= 4 is 16.9 Å². The monoisotopic (exact) mass is 576 g/mol. The molecule has 1 unspecified atom stereocenters. The Kier molecular flexibility index (Phi) is 22.3. The quantitative estimate of drug-likeness (QED) is 0.0931. The van der Waals surface area contributed by atoms with E-state index < -0.39 is 10.8 Å². The number of ether oxygens (including phenoxy) is 5. The number of rotatable bonds is 27. The number of hydrogen-bond donors (Lipinski definition) is 1. The smallest absolute Gasteiger partial charge is 0.491 e. The maximum Gasteiger partial charge on any atom is 0.597 e. The zero-order chi connectivity index (χ0) is 28.4. The van der Waals surface area contributed by atoms with Crippen LogP contribution in [0.4, 0.5) is 0 Å². The lowest BCUT2D eigenvalue weighted by atomic mass is 10.0. The van der Waals surface area contributed by atoms with Gasteiger partial charge in [0, 0.05) is 9.77 Å². The van der Waals surface area contributed by atoms with E-state index in [9.17, 15) is 8.76 Å². The largest absolute Gasteiger partial charge is 0.597 e. The maximum absolute atomic E-state index is 10.9. The maximum atomic E-state index is 10.9.